The van der Waals surface area contributed by atoms with Crippen LogP contribution in [0.15, 0.2) is 11.6 Å². The lowest BCUT2D eigenvalue weighted by Gasteiger charge is -1.97. The average molecular weight is 154 g/mol. The summed E-state index contributed by atoms with van der Waals surface area (Å²) in [5.74, 6) is -0.158. The summed E-state index contributed by atoms with van der Waals surface area (Å²) in [6.45, 7) is 0. The van der Waals surface area contributed by atoms with Gasteiger partial charge in [0.15, 0.2) is 5.78 Å². The van der Waals surface area contributed by atoms with Gasteiger partial charge in [-0.25, -0.2) is 0 Å². The van der Waals surface area contributed by atoms with Crippen molar-refractivity contribution >= 4 is 11.8 Å². The first-order valence-corrected chi connectivity index (χ1v) is 3.51. The number of carbonyl (C=O) groups is 2. The lowest BCUT2D eigenvalue weighted by Crippen LogP contribution is -2.00. The fourth-order valence-corrected chi connectivity index (χ4v) is 1.05. The molecule has 0 amide bonds. The van der Waals surface area contributed by atoms with Gasteiger partial charge in [0.1, 0.15) is 0 Å². The predicted molar refractivity (Wildman–Crippen MR) is 39.0 cm³/mol. The summed E-state index contributed by atoms with van der Waals surface area (Å²) < 4.78 is 4.46. The van der Waals surface area contributed by atoms with E-state index in [1.54, 1.807) is 0 Å². The Morgan fingerprint density at radius 1 is 1.64 bits per heavy atom. The fourth-order valence-electron chi connectivity index (χ4n) is 1.05. The smallest absolute Gasteiger partial charge is 0.309 e. The Balaban J connectivity index is 2.44. The summed E-state index contributed by atoms with van der Waals surface area (Å²) in [4.78, 5) is 21.4. The van der Waals surface area contributed by atoms with Crippen LogP contribution in [0.3, 0.4) is 0 Å². The lowest BCUT2D eigenvalue weighted by molar-refractivity contribution is -0.139. The molecule has 0 bridgehead atoms. The van der Waals surface area contributed by atoms with Crippen LogP contribution in [0.1, 0.15) is 19.3 Å². The Bertz CT molecular complexity index is 215. The molecule has 0 saturated carbocycles. The minimum Gasteiger partial charge on any atom is -0.469 e. The van der Waals surface area contributed by atoms with Crippen molar-refractivity contribution in [2.24, 2.45) is 0 Å². The van der Waals surface area contributed by atoms with Crippen molar-refractivity contribution in [3.8, 4) is 0 Å². The van der Waals surface area contributed by atoms with Gasteiger partial charge < -0.3 is 4.74 Å². The van der Waals surface area contributed by atoms with Gasteiger partial charge in [0.2, 0.25) is 0 Å². The maximum Gasteiger partial charge on any atom is 0.309 e. The molecule has 11 heavy (non-hydrogen) atoms. The van der Waals surface area contributed by atoms with Gasteiger partial charge in [-0.05, 0) is 12.5 Å². The molecule has 0 N–H and O–H groups in total. The highest BCUT2D eigenvalue weighted by Crippen LogP contribution is 2.18. The highest BCUT2D eigenvalue weighted by atomic mass is 16.5. The van der Waals surface area contributed by atoms with Crippen LogP contribution in [-0.4, -0.2) is 18.9 Å². The third kappa shape index (κ3) is 2.18. The number of carbonyl (C=O) groups excluding carboxylic acids is 2. The zero-order chi connectivity index (χ0) is 8.27. The first-order valence-electron chi connectivity index (χ1n) is 3.51. The van der Waals surface area contributed by atoms with Crippen LogP contribution in [0, 0.1) is 0 Å². The van der Waals surface area contributed by atoms with E-state index < -0.39 is 0 Å². The number of ketones is 1. The zero-order valence-corrected chi connectivity index (χ0v) is 6.42. The van der Waals surface area contributed by atoms with Crippen molar-refractivity contribution < 1.29 is 14.3 Å². The van der Waals surface area contributed by atoms with Crippen LogP contribution in [0.2, 0.25) is 0 Å². The molecule has 0 fully saturated rings. The second kappa shape index (κ2) is 3.32. The Labute approximate surface area is 65.0 Å². The van der Waals surface area contributed by atoms with Gasteiger partial charge in [-0.1, -0.05) is 5.57 Å². The summed E-state index contributed by atoms with van der Waals surface area (Å²) in [5.41, 5.74) is 0.891. The summed E-state index contributed by atoms with van der Waals surface area (Å²) in [6.07, 6.45) is 3.07. The van der Waals surface area contributed by atoms with E-state index in [0.29, 0.717) is 12.8 Å². The molecule has 0 radical (unpaired) electrons. The van der Waals surface area contributed by atoms with Crippen molar-refractivity contribution in [2.75, 3.05) is 7.11 Å². The van der Waals surface area contributed by atoms with Crippen molar-refractivity contribution in [3.05, 3.63) is 11.6 Å². The molecule has 0 aromatic rings. The number of hydrogen-bond donors (Lipinski definition) is 0. The molecule has 1 aliphatic carbocycles. The average Bonchev–Trinajstić information content (AvgIpc) is 2.35. The first-order chi connectivity index (χ1) is 5.22. The molecule has 0 aromatic carbocycles. The number of hydrogen-bond acceptors (Lipinski definition) is 3. The summed E-state index contributed by atoms with van der Waals surface area (Å²) in [5, 5.41) is 0. The van der Waals surface area contributed by atoms with E-state index in [1.165, 1.54) is 13.2 Å². The molecule has 0 aliphatic heterocycles. The standard InChI is InChI=1S/C8H10O3/c1-11-8(10)5-6-2-3-7(9)4-6/h4H,2-3,5H2,1H3. The third-order valence-corrected chi connectivity index (χ3v) is 1.66. The normalized spacial score (nSPS) is 16.5. The molecule has 0 atom stereocenters. The molecular weight excluding hydrogens is 144 g/mol. The highest BCUT2D eigenvalue weighted by Gasteiger charge is 2.14. The van der Waals surface area contributed by atoms with Gasteiger partial charge in [-0.15, -0.1) is 0 Å². The van der Waals surface area contributed by atoms with E-state index in [-0.39, 0.29) is 18.2 Å². The molecule has 3 nitrogen and oxygen atoms in total. The Hall–Kier alpha value is -1.12. The van der Waals surface area contributed by atoms with E-state index in [0.717, 1.165) is 5.57 Å². The number of esters is 1. The van der Waals surface area contributed by atoms with Crippen LogP contribution in [-0.2, 0) is 14.3 Å². The van der Waals surface area contributed by atoms with Gasteiger partial charge >= 0.3 is 5.97 Å². The van der Waals surface area contributed by atoms with E-state index in [2.05, 4.69) is 4.74 Å². The molecule has 0 aromatic heterocycles. The number of ether oxygens (including phenoxy) is 1. The first kappa shape index (κ1) is 7.98. The third-order valence-electron chi connectivity index (χ3n) is 1.66. The minimum absolute atomic E-state index is 0.115. The molecule has 0 unspecified atom stereocenters. The predicted octanol–water partition coefficient (Wildman–Crippen LogP) is 0.839. The second-order valence-corrected chi connectivity index (χ2v) is 2.52. The van der Waals surface area contributed by atoms with Gasteiger partial charge in [-0.2, -0.15) is 0 Å². The molecule has 1 aliphatic rings. The van der Waals surface area contributed by atoms with E-state index in [4.69, 9.17) is 0 Å². The summed E-state index contributed by atoms with van der Waals surface area (Å²) in [7, 11) is 1.35. The van der Waals surface area contributed by atoms with Crippen LogP contribution < -0.4 is 0 Å². The molecule has 0 saturated heterocycles. The molecular formula is C8H10O3. The van der Waals surface area contributed by atoms with Gasteiger partial charge in [0, 0.05) is 6.42 Å². The summed E-state index contributed by atoms with van der Waals surface area (Å²) >= 11 is 0. The Morgan fingerprint density at radius 2 is 2.36 bits per heavy atom. The SMILES string of the molecule is COC(=O)CC1=CC(=O)CC1. The van der Waals surface area contributed by atoms with E-state index in [9.17, 15) is 9.59 Å². The minimum atomic E-state index is -0.272. The van der Waals surface area contributed by atoms with Crippen LogP contribution in [0.25, 0.3) is 0 Å². The lowest BCUT2D eigenvalue weighted by atomic mass is 10.2. The Kier molecular flexibility index (Phi) is 2.41. The van der Waals surface area contributed by atoms with Crippen LogP contribution in [0.4, 0.5) is 0 Å². The van der Waals surface area contributed by atoms with Crippen molar-refractivity contribution in [2.45, 2.75) is 19.3 Å². The van der Waals surface area contributed by atoms with Gasteiger partial charge in [0.05, 0.1) is 13.5 Å². The van der Waals surface area contributed by atoms with Gasteiger partial charge in [-0.3, -0.25) is 9.59 Å². The van der Waals surface area contributed by atoms with Gasteiger partial charge in [0.25, 0.3) is 0 Å². The molecule has 0 heterocycles. The number of methoxy groups -OCH3 is 1. The van der Waals surface area contributed by atoms with Crippen LogP contribution in [0.5, 0.6) is 0 Å². The van der Waals surface area contributed by atoms with Crippen molar-refractivity contribution in [1.29, 1.82) is 0 Å². The molecule has 3 heteroatoms. The number of rotatable bonds is 2. The van der Waals surface area contributed by atoms with E-state index in [1.807, 2.05) is 0 Å². The maximum atomic E-state index is 10.7. The molecule has 60 valence electrons. The van der Waals surface area contributed by atoms with Crippen LogP contribution >= 0.6 is 0 Å². The summed E-state index contributed by atoms with van der Waals surface area (Å²) in [6, 6.07) is 0. The maximum absolute atomic E-state index is 10.7. The van der Waals surface area contributed by atoms with Crippen molar-refractivity contribution in [1.82, 2.24) is 0 Å². The number of allylic oxidation sites excluding steroid dienone is 1. The molecule has 0 spiro atoms. The van der Waals surface area contributed by atoms with Crippen molar-refractivity contribution in [3.63, 3.8) is 0 Å². The second-order valence-electron chi connectivity index (χ2n) is 2.52. The van der Waals surface area contributed by atoms with E-state index >= 15 is 0 Å². The molecule has 1 rings (SSSR count). The highest BCUT2D eigenvalue weighted by molar-refractivity contribution is 5.94. The zero-order valence-electron chi connectivity index (χ0n) is 6.42. The monoisotopic (exact) mass is 154 g/mol. The Morgan fingerprint density at radius 3 is 2.82 bits per heavy atom. The largest absolute Gasteiger partial charge is 0.469 e. The topological polar surface area (TPSA) is 43.4 Å². The fraction of sp³-hybridized carbons (Fsp3) is 0.500. The quantitative estimate of drug-likeness (QED) is 0.553.